The summed E-state index contributed by atoms with van der Waals surface area (Å²) in [6.07, 6.45) is 0.979. The van der Waals surface area contributed by atoms with Gasteiger partial charge in [0.2, 0.25) is 0 Å². The van der Waals surface area contributed by atoms with E-state index in [1.807, 2.05) is 0 Å². The van der Waals surface area contributed by atoms with Crippen molar-refractivity contribution in [2.45, 2.75) is 48.7 Å². The van der Waals surface area contributed by atoms with Gasteiger partial charge >= 0.3 is 0 Å². The Kier molecular flexibility index (Phi) is 5.07. The molecule has 6 heteroatoms. The molecule has 0 radical (unpaired) electrons. The minimum absolute atomic E-state index is 0.0538. The molecule has 0 saturated heterocycles. The van der Waals surface area contributed by atoms with Crippen molar-refractivity contribution in [3.05, 3.63) is 71.3 Å². The van der Waals surface area contributed by atoms with Crippen LogP contribution in [0.2, 0.25) is 0 Å². The zero-order chi connectivity index (χ0) is 20.7. The number of hydrogen-bond acceptors (Lipinski definition) is 5. The van der Waals surface area contributed by atoms with Gasteiger partial charge in [0, 0.05) is 16.9 Å². The van der Waals surface area contributed by atoms with Crippen LogP contribution in [0.5, 0.6) is 0 Å². The molecule has 2 aromatic carbocycles. The van der Waals surface area contributed by atoms with Crippen LogP contribution in [-0.2, 0) is 17.6 Å². The molecule has 0 amide bonds. The summed E-state index contributed by atoms with van der Waals surface area (Å²) < 4.78 is 2.18. The number of thioether (sulfide) groups is 2. The summed E-state index contributed by atoms with van der Waals surface area (Å²) in [6, 6.07) is 19.2. The lowest BCUT2D eigenvalue weighted by atomic mass is 9.72. The van der Waals surface area contributed by atoms with Crippen LogP contribution >= 0.6 is 23.5 Å². The van der Waals surface area contributed by atoms with Crippen LogP contribution in [0.1, 0.15) is 37.5 Å². The molecule has 0 bridgehead atoms. The molecule has 1 aliphatic rings. The third-order valence-corrected chi connectivity index (χ3v) is 7.38. The summed E-state index contributed by atoms with van der Waals surface area (Å²) in [5, 5.41) is 11.1. The Labute approximate surface area is 185 Å². The monoisotopic (exact) mass is 432 g/mol. The standard InChI is InChI=1S/C24H24N4S2/c1-4-29-23-27-26-21-19-20(18-13-9-8-12-17(18)14-24(19,2)3)25-22(28(21)23)30-15-16-10-6-5-7-11-16/h5-13H,4,14-15H2,1-3H3. The van der Waals surface area contributed by atoms with Crippen LogP contribution in [-0.4, -0.2) is 25.3 Å². The molecule has 30 heavy (non-hydrogen) atoms. The van der Waals surface area contributed by atoms with Crippen molar-refractivity contribution >= 4 is 29.2 Å². The Hall–Kier alpha value is -2.31. The summed E-state index contributed by atoms with van der Waals surface area (Å²) in [5.41, 5.74) is 7.03. The van der Waals surface area contributed by atoms with Crippen molar-refractivity contribution < 1.29 is 0 Å². The molecule has 0 fully saturated rings. The van der Waals surface area contributed by atoms with Crippen LogP contribution in [0.25, 0.3) is 16.9 Å². The second kappa shape index (κ2) is 7.75. The molecule has 0 aliphatic heterocycles. The van der Waals surface area contributed by atoms with E-state index in [0.29, 0.717) is 0 Å². The summed E-state index contributed by atoms with van der Waals surface area (Å²) in [7, 11) is 0. The second-order valence-electron chi connectivity index (χ2n) is 8.18. The van der Waals surface area contributed by atoms with E-state index in [-0.39, 0.29) is 5.41 Å². The highest BCUT2D eigenvalue weighted by Crippen LogP contribution is 2.45. The molecule has 0 spiro atoms. The van der Waals surface area contributed by atoms with Crippen molar-refractivity contribution in [2.75, 3.05) is 5.75 Å². The first-order chi connectivity index (χ1) is 14.6. The summed E-state index contributed by atoms with van der Waals surface area (Å²) in [4.78, 5) is 5.24. The van der Waals surface area contributed by atoms with Gasteiger partial charge in [-0.05, 0) is 28.7 Å². The van der Waals surface area contributed by atoms with Gasteiger partial charge in [0.25, 0.3) is 0 Å². The van der Waals surface area contributed by atoms with Crippen LogP contribution in [0.15, 0.2) is 64.9 Å². The molecule has 0 saturated carbocycles. The van der Waals surface area contributed by atoms with Gasteiger partial charge in [0.05, 0.1) is 5.69 Å². The minimum atomic E-state index is -0.0538. The number of rotatable bonds is 5. The van der Waals surface area contributed by atoms with Crippen molar-refractivity contribution in [3.63, 3.8) is 0 Å². The first-order valence-corrected chi connectivity index (χ1v) is 12.2. The molecule has 1 aliphatic carbocycles. The molecule has 0 N–H and O–H groups in total. The number of nitrogens with zero attached hydrogens (tertiary/aromatic N) is 4. The highest BCUT2D eigenvalue weighted by molar-refractivity contribution is 7.99. The zero-order valence-corrected chi connectivity index (χ0v) is 19.1. The third-order valence-electron chi connectivity index (χ3n) is 5.56. The van der Waals surface area contributed by atoms with Gasteiger partial charge in [0.15, 0.2) is 16.0 Å². The Balaban J connectivity index is 1.72. The van der Waals surface area contributed by atoms with E-state index in [4.69, 9.17) is 4.98 Å². The molecule has 5 rings (SSSR count). The Bertz CT molecular complexity index is 1210. The lowest BCUT2D eigenvalue weighted by Gasteiger charge is -2.33. The number of aromatic nitrogens is 4. The van der Waals surface area contributed by atoms with Gasteiger partial charge in [-0.1, -0.05) is 98.9 Å². The predicted octanol–water partition coefficient (Wildman–Crippen LogP) is 6.03. The second-order valence-corrected chi connectivity index (χ2v) is 10.4. The Morgan fingerprint density at radius 3 is 2.50 bits per heavy atom. The normalized spacial score (nSPS) is 14.5. The van der Waals surface area contributed by atoms with Gasteiger partial charge in [-0.15, -0.1) is 10.2 Å². The summed E-state index contributed by atoms with van der Waals surface area (Å²) in [5.74, 6) is 1.81. The predicted molar refractivity (Wildman–Crippen MR) is 125 cm³/mol. The highest BCUT2D eigenvalue weighted by Gasteiger charge is 2.36. The summed E-state index contributed by atoms with van der Waals surface area (Å²) >= 11 is 3.47. The Morgan fingerprint density at radius 1 is 0.933 bits per heavy atom. The van der Waals surface area contributed by atoms with Crippen molar-refractivity contribution in [1.29, 1.82) is 0 Å². The van der Waals surface area contributed by atoms with Crippen LogP contribution in [0.3, 0.4) is 0 Å². The third kappa shape index (κ3) is 3.32. The van der Waals surface area contributed by atoms with Crippen molar-refractivity contribution in [1.82, 2.24) is 19.6 Å². The van der Waals surface area contributed by atoms with Gasteiger partial charge < -0.3 is 0 Å². The fraction of sp³-hybridized carbons (Fsp3) is 0.292. The SMILES string of the molecule is CCSc1nnc2c3c(nc(SCc4ccccc4)n12)-c1ccccc1CC3(C)C. The molecule has 4 aromatic rings. The fourth-order valence-electron chi connectivity index (χ4n) is 4.24. The zero-order valence-electron chi connectivity index (χ0n) is 17.4. The van der Waals surface area contributed by atoms with E-state index >= 15 is 0 Å². The van der Waals surface area contributed by atoms with Crippen LogP contribution in [0, 0.1) is 0 Å². The first kappa shape index (κ1) is 19.6. The minimum Gasteiger partial charge on any atom is -0.248 e. The molecule has 0 atom stereocenters. The average molecular weight is 433 g/mol. The maximum atomic E-state index is 5.24. The van der Waals surface area contributed by atoms with E-state index in [1.165, 1.54) is 22.3 Å². The van der Waals surface area contributed by atoms with E-state index < -0.39 is 0 Å². The first-order valence-electron chi connectivity index (χ1n) is 10.3. The van der Waals surface area contributed by atoms with E-state index in [2.05, 4.69) is 90.0 Å². The van der Waals surface area contributed by atoms with Crippen molar-refractivity contribution in [3.8, 4) is 11.3 Å². The lowest BCUT2D eigenvalue weighted by molar-refractivity contribution is 0.512. The van der Waals surface area contributed by atoms with Crippen LogP contribution < -0.4 is 0 Å². The average Bonchev–Trinajstić information content (AvgIpc) is 3.16. The number of benzene rings is 2. The molecule has 2 heterocycles. The lowest BCUT2D eigenvalue weighted by Crippen LogP contribution is -2.28. The Morgan fingerprint density at radius 2 is 1.70 bits per heavy atom. The van der Waals surface area contributed by atoms with Gasteiger partial charge in [-0.3, -0.25) is 0 Å². The van der Waals surface area contributed by atoms with Gasteiger partial charge in [0.1, 0.15) is 0 Å². The number of hydrogen-bond donors (Lipinski definition) is 0. The molecule has 0 unspecified atom stereocenters. The fourth-order valence-corrected chi connectivity index (χ4v) is 5.90. The molecule has 152 valence electrons. The van der Waals surface area contributed by atoms with E-state index in [9.17, 15) is 0 Å². The number of fused-ring (bicyclic) bond motifs is 5. The van der Waals surface area contributed by atoms with Crippen molar-refractivity contribution in [2.24, 2.45) is 0 Å². The highest BCUT2D eigenvalue weighted by atomic mass is 32.2. The maximum Gasteiger partial charge on any atom is 0.197 e. The van der Waals surface area contributed by atoms with E-state index in [1.54, 1.807) is 23.5 Å². The molecule has 2 aromatic heterocycles. The molecular formula is C24H24N4S2. The van der Waals surface area contributed by atoms with Gasteiger partial charge in [-0.2, -0.15) is 0 Å². The maximum absolute atomic E-state index is 5.24. The van der Waals surface area contributed by atoms with Crippen LogP contribution in [0.4, 0.5) is 0 Å². The molecule has 4 nitrogen and oxygen atoms in total. The van der Waals surface area contributed by atoms with E-state index in [0.717, 1.165) is 39.6 Å². The topological polar surface area (TPSA) is 43.1 Å². The largest absolute Gasteiger partial charge is 0.248 e. The molecular weight excluding hydrogens is 408 g/mol. The summed E-state index contributed by atoms with van der Waals surface area (Å²) in [6.45, 7) is 6.73. The smallest absolute Gasteiger partial charge is 0.197 e. The van der Waals surface area contributed by atoms with Gasteiger partial charge in [-0.25, -0.2) is 9.38 Å². The quantitative estimate of drug-likeness (QED) is 0.285.